The number of oxazole rings is 1. The lowest BCUT2D eigenvalue weighted by Gasteiger charge is -2.14. The van der Waals surface area contributed by atoms with E-state index in [9.17, 15) is 4.79 Å². The van der Waals surface area contributed by atoms with E-state index in [1.54, 1.807) is 18.3 Å². The number of thioether (sulfide) groups is 1. The average molecular weight is 429 g/mol. The van der Waals surface area contributed by atoms with Crippen LogP contribution < -0.4 is 19.5 Å². The summed E-state index contributed by atoms with van der Waals surface area (Å²) in [4.78, 5) is 16.6. The van der Waals surface area contributed by atoms with Crippen molar-refractivity contribution in [1.29, 1.82) is 0 Å². The standard InChI is InChI=1S/C22H24N2O5S/c1-13-6-7-15(8-14(13)2)19-11-23-22(29-19)30-12-20(25)24-16-9-17(26-3)21(28-5)18(10-16)27-4/h6-11H,12H2,1-5H3,(H,24,25). The van der Waals surface area contributed by atoms with Crippen LogP contribution in [0.4, 0.5) is 5.69 Å². The van der Waals surface area contributed by atoms with Gasteiger partial charge in [-0.15, -0.1) is 0 Å². The highest BCUT2D eigenvalue weighted by Crippen LogP contribution is 2.40. The van der Waals surface area contributed by atoms with Crippen LogP contribution in [0.5, 0.6) is 17.2 Å². The number of nitrogens with zero attached hydrogens (tertiary/aromatic N) is 1. The largest absolute Gasteiger partial charge is 0.493 e. The van der Waals surface area contributed by atoms with Gasteiger partial charge in [0.25, 0.3) is 5.22 Å². The molecule has 0 aliphatic rings. The molecule has 0 aliphatic carbocycles. The summed E-state index contributed by atoms with van der Waals surface area (Å²) >= 11 is 1.22. The van der Waals surface area contributed by atoms with Gasteiger partial charge in [0.2, 0.25) is 11.7 Å². The normalized spacial score (nSPS) is 10.6. The van der Waals surface area contributed by atoms with Crippen molar-refractivity contribution in [2.45, 2.75) is 19.1 Å². The van der Waals surface area contributed by atoms with Crippen LogP contribution in [0.25, 0.3) is 11.3 Å². The van der Waals surface area contributed by atoms with Crippen LogP contribution in [0, 0.1) is 13.8 Å². The van der Waals surface area contributed by atoms with Crippen LogP contribution in [0.15, 0.2) is 46.2 Å². The number of hydrogen-bond donors (Lipinski definition) is 1. The molecule has 7 nitrogen and oxygen atoms in total. The number of carbonyl (C=O) groups excluding carboxylic acids is 1. The minimum Gasteiger partial charge on any atom is -0.493 e. The molecule has 1 N–H and O–H groups in total. The zero-order valence-electron chi connectivity index (χ0n) is 17.6. The fourth-order valence-electron chi connectivity index (χ4n) is 2.83. The van der Waals surface area contributed by atoms with Gasteiger partial charge in [0.1, 0.15) is 0 Å². The van der Waals surface area contributed by atoms with E-state index in [1.807, 2.05) is 12.1 Å². The number of nitrogens with one attached hydrogen (secondary N) is 1. The Morgan fingerprint density at radius 1 is 1.03 bits per heavy atom. The first kappa shape index (κ1) is 21.6. The van der Waals surface area contributed by atoms with Crippen molar-refractivity contribution in [3.63, 3.8) is 0 Å². The third-order valence-electron chi connectivity index (χ3n) is 4.55. The van der Waals surface area contributed by atoms with Crippen LogP contribution in [0.1, 0.15) is 11.1 Å². The molecule has 30 heavy (non-hydrogen) atoms. The summed E-state index contributed by atoms with van der Waals surface area (Å²) < 4.78 is 21.7. The van der Waals surface area contributed by atoms with Gasteiger partial charge >= 0.3 is 0 Å². The smallest absolute Gasteiger partial charge is 0.256 e. The van der Waals surface area contributed by atoms with Crippen molar-refractivity contribution in [3.8, 4) is 28.6 Å². The van der Waals surface area contributed by atoms with Gasteiger partial charge in [-0.05, 0) is 31.0 Å². The van der Waals surface area contributed by atoms with Crippen LogP contribution >= 0.6 is 11.8 Å². The van der Waals surface area contributed by atoms with E-state index in [0.717, 1.165) is 5.56 Å². The van der Waals surface area contributed by atoms with Crippen molar-refractivity contribution in [1.82, 2.24) is 4.98 Å². The second-order valence-electron chi connectivity index (χ2n) is 6.54. The van der Waals surface area contributed by atoms with Gasteiger partial charge in [0.05, 0.1) is 33.3 Å². The number of amides is 1. The van der Waals surface area contributed by atoms with Crippen molar-refractivity contribution in [2.75, 3.05) is 32.4 Å². The van der Waals surface area contributed by atoms with E-state index in [1.165, 1.54) is 44.2 Å². The van der Waals surface area contributed by atoms with Crippen LogP contribution in [-0.4, -0.2) is 38.0 Å². The molecule has 0 fully saturated rings. The van der Waals surface area contributed by atoms with Gasteiger partial charge in [-0.2, -0.15) is 0 Å². The average Bonchev–Trinajstić information content (AvgIpc) is 3.22. The molecule has 0 aliphatic heterocycles. The maximum atomic E-state index is 12.4. The molecule has 0 spiro atoms. The minimum absolute atomic E-state index is 0.142. The topological polar surface area (TPSA) is 82.8 Å². The summed E-state index contributed by atoms with van der Waals surface area (Å²) in [5, 5.41) is 3.25. The van der Waals surface area contributed by atoms with Gasteiger partial charge in [-0.25, -0.2) is 4.98 Å². The van der Waals surface area contributed by atoms with Crippen LogP contribution in [0.3, 0.4) is 0 Å². The molecule has 158 valence electrons. The van der Waals surface area contributed by atoms with Gasteiger partial charge in [-0.3, -0.25) is 4.79 Å². The second kappa shape index (κ2) is 9.58. The first-order chi connectivity index (χ1) is 14.4. The second-order valence-corrected chi connectivity index (χ2v) is 7.47. The third-order valence-corrected chi connectivity index (χ3v) is 5.39. The number of rotatable bonds is 8. The molecule has 0 radical (unpaired) electrons. The molecule has 3 rings (SSSR count). The molecule has 1 heterocycles. The highest BCUT2D eigenvalue weighted by molar-refractivity contribution is 7.99. The lowest BCUT2D eigenvalue weighted by atomic mass is 10.1. The Morgan fingerprint density at radius 3 is 2.33 bits per heavy atom. The van der Waals surface area contributed by atoms with E-state index in [4.69, 9.17) is 18.6 Å². The number of methoxy groups -OCH3 is 3. The molecule has 0 saturated carbocycles. The quantitative estimate of drug-likeness (QED) is 0.520. The summed E-state index contributed by atoms with van der Waals surface area (Å²) in [5.74, 6) is 2.00. The fraction of sp³-hybridized carbons (Fsp3) is 0.273. The summed E-state index contributed by atoms with van der Waals surface area (Å²) in [6.45, 7) is 4.12. The van der Waals surface area contributed by atoms with Crippen molar-refractivity contribution < 1.29 is 23.4 Å². The van der Waals surface area contributed by atoms with Crippen molar-refractivity contribution in [2.24, 2.45) is 0 Å². The Morgan fingerprint density at radius 2 is 1.73 bits per heavy atom. The monoisotopic (exact) mass is 428 g/mol. The molecule has 3 aromatic rings. The predicted molar refractivity (Wildman–Crippen MR) is 117 cm³/mol. The summed E-state index contributed by atoms with van der Waals surface area (Å²) in [6, 6.07) is 9.44. The van der Waals surface area contributed by atoms with E-state index in [0.29, 0.717) is 33.9 Å². The summed E-state index contributed by atoms with van der Waals surface area (Å²) in [5.41, 5.74) is 3.90. The Hall–Kier alpha value is -3.13. The molecule has 8 heteroatoms. The van der Waals surface area contributed by atoms with Gasteiger partial charge in [0.15, 0.2) is 17.3 Å². The van der Waals surface area contributed by atoms with Gasteiger partial charge < -0.3 is 23.9 Å². The summed E-state index contributed by atoms with van der Waals surface area (Å²) in [6.07, 6.45) is 1.67. The molecule has 0 unspecified atom stereocenters. The molecule has 2 aromatic carbocycles. The number of aromatic nitrogens is 1. The van der Waals surface area contributed by atoms with Crippen LogP contribution in [-0.2, 0) is 4.79 Å². The first-order valence-corrected chi connectivity index (χ1v) is 10.2. The number of ether oxygens (including phenoxy) is 3. The van der Waals surface area contributed by atoms with Gasteiger partial charge in [-0.1, -0.05) is 23.9 Å². The van der Waals surface area contributed by atoms with E-state index < -0.39 is 0 Å². The SMILES string of the molecule is COc1cc(NC(=O)CSc2ncc(-c3ccc(C)c(C)c3)o2)cc(OC)c1OC. The Bertz CT molecular complexity index is 1020. The third kappa shape index (κ3) is 4.88. The first-order valence-electron chi connectivity index (χ1n) is 9.21. The zero-order valence-corrected chi connectivity index (χ0v) is 18.4. The molecular weight excluding hydrogens is 404 g/mol. The van der Waals surface area contributed by atoms with E-state index in [2.05, 4.69) is 30.2 Å². The number of anilines is 1. The highest BCUT2D eigenvalue weighted by Gasteiger charge is 2.15. The lowest BCUT2D eigenvalue weighted by molar-refractivity contribution is -0.113. The number of benzene rings is 2. The maximum absolute atomic E-state index is 12.4. The molecule has 0 bridgehead atoms. The minimum atomic E-state index is -0.208. The van der Waals surface area contributed by atoms with Crippen molar-refractivity contribution >= 4 is 23.4 Å². The predicted octanol–water partition coefficient (Wildman–Crippen LogP) is 4.72. The van der Waals surface area contributed by atoms with Crippen molar-refractivity contribution in [3.05, 3.63) is 47.7 Å². The molecular formula is C22H24N2O5S. The fourth-order valence-corrected chi connectivity index (χ4v) is 3.43. The molecule has 1 aromatic heterocycles. The van der Waals surface area contributed by atoms with E-state index >= 15 is 0 Å². The summed E-state index contributed by atoms with van der Waals surface area (Å²) in [7, 11) is 4.57. The van der Waals surface area contributed by atoms with Gasteiger partial charge in [0, 0.05) is 23.4 Å². The molecule has 0 saturated heterocycles. The number of carbonyl (C=O) groups is 1. The Kier molecular flexibility index (Phi) is 6.89. The number of aryl methyl sites for hydroxylation is 2. The molecule has 0 atom stereocenters. The maximum Gasteiger partial charge on any atom is 0.256 e. The molecule has 1 amide bonds. The number of hydrogen-bond acceptors (Lipinski definition) is 7. The zero-order chi connectivity index (χ0) is 21.7. The highest BCUT2D eigenvalue weighted by atomic mass is 32.2. The lowest BCUT2D eigenvalue weighted by Crippen LogP contribution is -2.14. The Labute approximate surface area is 179 Å². The van der Waals surface area contributed by atoms with Crippen LogP contribution in [0.2, 0.25) is 0 Å². The van der Waals surface area contributed by atoms with E-state index in [-0.39, 0.29) is 11.7 Å². The Balaban J connectivity index is 1.64.